The Labute approximate surface area is 127 Å². The van der Waals surface area contributed by atoms with Crippen LogP contribution in [0, 0.1) is 11.7 Å². The second-order valence-corrected chi connectivity index (χ2v) is 7.01. The Bertz CT molecular complexity index is 561. The Kier molecular flexibility index (Phi) is 6.77. The minimum atomic E-state index is -3.73. The average molecular weight is 316 g/mol. The lowest BCUT2D eigenvalue weighted by Gasteiger charge is -2.21. The van der Waals surface area contributed by atoms with Crippen LogP contribution in [0.2, 0.25) is 0 Å². The standard InChI is InChI=1S/C15H25FN2O2S/c1-5-11(3)12(4)18-21(19,20)15-9-14(16)8-7-13(15)10-17-6-2/h7-9,11-12,17-18H,5-6,10H2,1-4H3. The number of sulfonamides is 1. The molecule has 1 aromatic rings. The van der Waals surface area contributed by atoms with Crippen LogP contribution in [0.25, 0.3) is 0 Å². The number of hydrogen-bond acceptors (Lipinski definition) is 3. The van der Waals surface area contributed by atoms with Crippen molar-refractivity contribution in [2.75, 3.05) is 6.54 Å². The van der Waals surface area contributed by atoms with Gasteiger partial charge in [-0.15, -0.1) is 0 Å². The zero-order valence-corrected chi connectivity index (χ0v) is 13.9. The minimum absolute atomic E-state index is 0.0126. The fraction of sp³-hybridized carbons (Fsp3) is 0.600. The lowest BCUT2D eigenvalue weighted by molar-refractivity contribution is 0.433. The molecule has 0 aromatic heterocycles. The summed E-state index contributed by atoms with van der Waals surface area (Å²) in [7, 11) is -3.73. The van der Waals surface area contributed by atoms with Gasteiger partial charge in [-0.2, -0.15) is 0 Å². The lowest BCUT2D eigenvalue weighted by Crippen LogP contribution is -2.37. The molecule has 0 saturated carbocycles. The van der Waals surface area contributed by atoms with Gasteiger partial charge in [0.05, 0.1) is 4.90 Å². The van der Waals surface area contributed by atoms with E-state index in [0.29, 0.717) is 18.7 Å². The quantitative estimate of drug-likeness (QED) is 0.775. The highest BCUT2D eigenvalue weighted by atomic mass is 32.2. The Morgan fingerprint density at radius 2 is 1.90 bits per heavy atom. The first-order valence-electron chi connectivity index (χ1n) is 7.33. The van der Waals surface area contributed by atoms with Crippen molar-refractivity contribution >= 4 is 10.0 Å². The number of nitrogens with one attached hydrogen (secondary N) is 2. The molecule has 4 nitrogen and oxygen atoms in total. The molecular weight excluding hydrogens is 291 g/mol. The molecule has 2 atom stereocenters. The van der Waals surface area contributed by atoms with Crippen molar-refractivity contribution in [3.8, 4) is 0 Å². The van der Waals surface area contributed by atoms with Gasteiger partial charge in [-0.3, -0.25) is 0 Å². The molecule has 0 bridgehead atoms. The molecule has 0 heterocycles. The van der Waals surface area contributed by atoms with E-state index in [1.54, 1.807) is 0 Å². The third kappa shape index (κ3) is 5.05. The molecule has 6 heteroatoms. The van der Waals surface area contributed by atoms with Gasteiger partial charge in [0.15, 0.2) is 0 Å². The Morgan fingerprint density at radius 1 is 1.24 bits per heavy atom. The third-order valence-corrected chi connectivity index (χ3v) is 5.36. The smallest absolute Gasteiger partial charge is 0.241 e. The second kappa shape index (κ2) is 7.87. The first kappa shape index (κ1) is 18.1. The van der Waals surface area contributed by atoms with E-state index < -0.39 is 15.8 Å². The van der Waals surface area contributed by atoms with Crippen LogP contribution in [0.5, 0.6) is 0 Å². The van der Waals surface area contributed by atoms with Crippen LogP contribution < -0.4 is 10.0 Å². The molecule has 0 aliphatic heterocycles. The van der Waals surface area contributed by atoms with Crippen LogP contribution in [-0.2, 0) is 16.6 Å². The van der Waals surface area contributed by atoms with E-state index in [2.05, 4.69) is 10.0 Å². The number of halogens is 1. The van der Waals surface area contributed by atoms with Crippen LogP contribution in [0.15, 0.2) is 23.1 Å². The summed E-state index contributed by atoms with van der Waals surface area (Å²) in [5, 5.41) is 3.07. The van der Waals surface area contributed by atoms with Crippen LogP contribution in [0.4, 0.5) is 4.39 Å². The van der Waals surface area contributed by atoms with E-state index in [1.807, 2.05) is 27.7 Å². The van der Waals surface area contributed by atoms with Crippen molar-refractivity contribution in [2.24, 2.45) is 5.92 Å². The molecule has 1 aromatic carbocycles. The van der Waals surface area contributed by atoms with Gasteiger partial charge in [0.2, 0.25) is 10.0 Å². The van der Waals surface area contributed by atoms with Gasteiger partial charge in [-0.1, -0.05) is 33.3 Å². The second-order valence-electron chi connectivity index (χ2n) is 5.33. The summed E-state index contributed by atoms with van der Waals surface area (Å²) in [6.45, 7) is 8.86. The van der Waals surface area contributed by atoms with Crippen molar-refractivity contribution in [1.82, 2.24) is 10.0 Å². The van der Waals surface area contributed by atoms with Crippen molar-refractivity contribution in [3.05, 3.63) is 29.6 Å². The molecule has 0 amide bonds. The maximum Gasteiger partial charge on any atom is 0.241 e. The Balaban J connectivity index is 3.08. The highest BCUT2D eigenvalue weighted by molar-refractivity contribution is 7.89. The summed E-state index contributed by atoms with van der Waals surface area (Å²) in [6, 6.07) is 3.68. The summed E-state index contributed by atoms with van der Waals surface area (Å²) in [4.78, 5) is 0.0126. The summed E-state index contributed by atoms with van der Waals surface area (Å²) >= 11 is 0. The molecule has 1 rings (SSSR count). The average Bonchev–Trinajstić information content (AvgIpc) is 2.44. The summed E-state index contributed by atoms with van der Waals surface area (Å²) in [5.41, 5.74) is 0.571. The zero-order chi connectivity index (χ0) is 16.0. The topological polar surface area (TPSA) is 58.2 Å². The number of hydrogen-bond donors (Lipinski definition) is 2. The van der Waals surface area contributed by atoms with Crippen molar-refractivity contribution in [2.45, 2.75) is 51.6 Å². The normalized spacial score (nSPS) is 14.9. The van der Waals surface area contributed by atoms with Gasteiger partial charge >= 0.3 is 0 Å². The maximum absolute atomic E-state index is 13.4. The number of rotatable bonds is 8. The van der Waals surface area contributed by atoms with Crippen molar-refractivity contribution < 1.29 is 12.8 Å². The summed E-state index contributed by atoms with van der Waals surface area (Å²) < 4.78 is 41.1. The predicted octanol–water partition coefficient (Wildman–Crippen LogP) is 2.65. The molecule has 120 valence electrons. The van der Waals surface area contributed by atoms with Gasteiger partial charge in [0.25, 0.3) is 0 Å². The fourth-order valence-corrected chi connectivity index (χ4v) is 3.56. The first-order valence-corrected chi connectivity index (χ1v) is 8.81. The molecule has 0 saturated heterocycles. The largest absolute Gasteiger partial charge is 0.313 e. The highest BCUT2D eigenvalue weighted by Gasteiger charge is 2.23. The lowest BCUT2D eigenvalue weighted by atomic mass is 10.0. The fourth-order valence-electron chi connectivity index (χ4n) is 1.96. The molecule has 0 aliphatic rings. The first-order chi connectivity index (χ1) is 9.81. The van der Waals surface area contributed by atoms with Gasteiger partial charge in [-0.25, -0.2) is 17.5 Å². The molecular formula is C15H25FN2O2S. The zero-order valence-electron chi connectivity index (χ0n) is 13.1. The van der Waals surface area contributed by atoms with E-state index in [1.165, 1.54) is 12.1 Å². The van der Waals surface area contributed by atoms with E-state index >= 15 is 0 Å². The van der Waals surface area contributed by atoms with Gasteiger partial charge in [-0.05, 0) is 37.1 Å². The van der Waals surface area contributed by atoms with Crippen LogP contribution >= 0.6 is 0 Å². The molecule has 0 radical (unpaired) electrons. The van der Waals surface area contributed by atoms with E-state index in [-0.39, 0.29) is 16.9 Å². The van der Waals surface area contributed by atoms with Gasteiger partial charge in [0, 0.05) is 12.6 Å². The maximum atomic E-state index is 13.4. The molecule has 2 unspecified atom stereocenters. The summed E-state index contributed by atoms with van der Waals surface area (Å²) in [6.07, 6.45) is 0.872. The molecule has 0 aliphatic carbocycles. The summed E-state index contributed by atoms with van der Waals surface area (Å²) in [5.74, 6) is -0.336. The molecule has 2 N–H and O–H groups in total. The molecule has 21 heavy (non-hydrogen) atoms. The van der Waals surface area contributed by atoms with E-state index in [9.17, 15) is 12.8 Å². The van der Waals surface area contributed by atoms with E-state index in [4.69, 9.17) is 0 Å². The van der Waals surface area contributed by atoms with Crippen LogP contribution in [-0.4, -0.2) is 21.0 Å². The SMILES string of the molecule is CCNCc1ccc(F)cc1S(=O)(=O)NC(C)C(C)CC. The highest BCUT2D eigenvalue weighted by Crippen LogP contribution is 2.19. The molecule has 0 fully saturated rings. The van der Waals surface area contributed by atoms with Crippen LogP contribution in [0.3, 0.4) is 0 Å². The van der Waals surface area contributed by atoms with Crippen molar-refractivity contribution in [1.29, 1.82) is 0 Å². The monoisotopic (exact) mass is 316 g/mol. The molecule has 0 spiro atoms. The number of benzene rings is 1. The Hall–Kier alpha value is -0.980. The Morgan fingerprint density at radius 3 is 2.48 bits per heavy atom. The van der Waals surface area contributed by atoms with Crippen LogP contribution in [0.1, 0.15) is 39.7 Å². The van der Waals surface area contributed by atoms with Gasteiger partial charge < -0.3 is 5.32 Å². The minimum Gasteiger partial charge on any atom is -0.313 e. The third-order valence-electron chi connectivity index (χ3n) is 3.72. The van der Waals surface area contributed by atoms with E-state index in [0.717, 1.165) is 12.5 Å². The van der Waals surface area contributed by atoms with Crippen molar-refractivity contribution in [3.63, 3.8) is 0 Å². The predicted molar refractivity (Wildman–Crippen MR) is 83.0 cm³/mol. The van der Waals surface area contributed by atoms with Gasteiger partial charge in [0.1, 0.15) is 5.82 Å².